The van der Waals surface area contributed by atoms with Crippen molar-refractivity contribution in [3.63, 3.8) is 0 Å². The van der Waals surface area contributed by atoms with E-state index in [9.17, 15) is 14.4 Å². The summed E-state index contributed by atoms with van der Waals surface area (Å²) in [6.45, 7) is 23.9. The SMILES string of the molecule is C=C/C(=C\C=C(/C)NC(=O)C(=C)/C=C\C1=C(C)C(=O)C(c2ccccccccn2)C1=O)NC(=NC(C)CCCNC)/N=C(\N=C(C)C)OC1CCCN(C)C1.CCC. The van der Waals surface area contributed by atoms with E-state index in [1.165, 1.54) is 18.6 Å². The lowest BCUT2D eigenvalue weighted by Crippen LogP contribution is -2.38. The molecule has 1 fully saturated rings. The molecular weight excluding hydrogens is 741 g/mol. The molecule has 3 N–H and O–H groups in total. The van der Waals surface area contributed by atoms with Crippen LogP contribution in [0.25, 0.3) is 0 Å². The predicted octanol–water partition coefficient (Wildman–Crippen LogP) is 7.66. The Balaban J connectivity index is 0.00000387. The maximum atomic E-state index is 13.4. The molecule has 0 bridgehead atoms. The molecule has 2 aliphatic rings. The van der Waals surface area contributed by atoms with E-state index in [0.717, 1.165) is 51.0 Å². The van der Waals surface area contributed by atoms with Crippen LogP contribution in [0, 0.1) is 0 Å². The Hall–Kier alpha value is -5.59. The van der Waals surface area contributed by atoms with E-state index >= 15 is 0 Å². The number of carbonyl (C=O) groups is 3. The number of amides is 1. The smallest absolute Gasteiger partial charge is 0.319 e. The zero-order valence-corrected chi connectivity index (χ0v) is 36.7. The molecule has 1 aliphatic heterocycles. The second-order valence-electron chi connectivity index (χ2n) is 14.7. The zero-order chi connectivity index (χ0) is 43.7. The molecule has 3 atom stereocenters. The fraction of sp³-hybridized carbons (Fsp3) is 0.426. The van der Waals surface area contributed by atoms with Gasteiger partial charge in [0.1, 0.15) is 12.0 Å². The summed E-state index contributed by atoms with van der Waals surface area (Å²) in [5.41, 5.74) is 2.86. The normalized spacial score (nSPS) is 18.4. The van der Waals surface area contributed by atoms with Crippen molar-refractivity contribution in [3.05, 3.63) is 126 Å². The van der Waals surface area contributed by atoms with E-state index < -0.39 is 11.8 Å². The van der Waals surface area contributed by atoms with Gasteiger partial charge in [-0.2, -0.15) is 4.99 Å². The molecule has 12 heteroatoms. The van der Waals surface area contributed by atoms with Gasteiger partial charge in [-0.15, -0.1) is 0 Å². The molecule has 0 radical (unpaired) electrons. The molecule has 0 saturated carbocycles. The topological polar surface area (TPSA) is 150 Å². The van der Waals surface area contributed by atoms with Crippen molar-refractivity contribution >= 4 is 35.2 Å². The Labute approximate surface area is 352 Å². The van der Waals surface area contributed by atoms with Crippen molar-refractivity contribution in [3.8, 4) is 0 Å². The number of nitrogens with zero attached hydrogens (tertiary/aromatic N) is 5. The third-order valence-electron chi connectivity index (χ3n) is 8.80. The number of ketones is 2. The van der Waals surface area contributed by atoms with Crippen LogP contribution < -0.4 is 16.0 Å². The fourth-order valence-corrected chi connectivity index (χ4v) is 5.81. The van der Waals surface area contributed by atoms with Gasteiger partial charge in [0.05, 0.1) is 11.7 Å². The van der Waals surface area contributed by atoms with Crippen molar-refractivity contribution in [2.45, 2.75) is 98.6 Å². The zero-order valence-electron chi connectivity index (χ0n) is 36.7. The van der Waals surface area contributed by atoms with Gasteiger partial charge < -0.3 is 25.6 Å². The van der Waals surface area contributed by atoms with E-state index in [4.69, 9.17) is 14.7 Å². The lowest BCUT2D eigenvalue weighted by Gasteiger charge is -2.29. The molecule has 3 rings (SSSR count). The number of likely N-dealkylation sites (tertiary alicyclic amines) is 1. The third-order valence-corrected chi connectivity index (χ3v) is 8.80. The number of aromatic nitrogens is 1. The summed E-state index contributed by atoms with van der Waals surface area (Å²) >= 11 is 0. The number of amidine groups is 1. The van der Waals surface area contributed by atoms with Gasteiger partial charge in [0.25, 0.3) is 5.91 Å². The van der Waals surface area contributed by atoms with E-state index in [2.05, 4.69) is 64.9 Å². The number of rotatable bonds is 14. The van der Waals surface area contributed by atoms with Gasteiger partial charge >= 0.3 is 6.02 Å². The number of ether oxygens (including phenoxy) is 1. The van der Waals surface area contributed by atoms with E-state index in [0.29, 0.717) is 28.6 Å². The van der Waals surface area contributed by atoms with E-state index in [1.807, 2.05) is 40.0 Å². The van der Waals surface area contributed by atoms with Crippen LogP contribution in [-0.2, 0) is 19.1 Å². The molecule has 0 spiro atoms. The number of allylic oxidation sites excluding steroid dienone is 7. The first-order chi connectivity index (χ1) is 28.2. The summed E-state index contributed by atoms with van der Waals surface area (Å²) in [6, 6.07) is 12.6. The molecule has 59 heavy (non-hydrogen) atoms. The fourth-order valence-electron chi connectivity index (χ4n) is 5.81. The number of likely N-dealkylation sites (N-methyl/N-ethyl adjacent to an activating group) is 1. The number of carbonyl (C=O) groups excluding carboxylic acids is 3. The summed E-state index contributed by atoms with van der Waals surface area (Å²) in [6.07, 6.45) is 14.5. The van der Waals surface area contributed by atoms with Crippen LogP contribution in [0.4, 0.5) is 0 Å². The standard InChI is InChI=1S/C44H58N8O4.C3H8/c1-10-35(50-43(49-32(5)19-17-26-45-8)51-44(47-30(2)3)56-36-20-18-28-52(9)29-36)24-23-33(6)48-42(55)31(4)22-25-37-34(7)40(53)39(41(37)54)38-21-15-13-11-12-14-16-27-46-38;1-3-2/h10-16,21-25,27,32,36,39,45H,1,4,17-20,26,28-29H2,2-3,5-9H3,(H,48,55)(H,49,50);3H2,1-2H3/b12-11?,13-11?,14-12?,15-13?,16-14?,21-15?,25-22-,27-16?,33-23+,35-24+,38-21?,46-27?,46-38?,51-44+;. The van der Waals surface area contributed by atoms with Crippen LogP contribution in [0.15, 0.2) is 135 Å². The van der Waals surface area contributed by atoms with Gasteiger partial charge in [0, 0.05) is 46.6 Å². The number of aliphatic imine (C=N–C) groups is 3. The number of hydrogen-bond donors (Lipinski definition) is 3. The molecule has 1 aromatic heterocycles. The van der Waals surface area contributed by atoms with Gasteiger partial charge in [-0.1, -0.05) is 69.8 Å². The minimum atomic E-state index is -1.06. The summed E-state index contributed by atoms with van der Waals surface area (Å²) in [5.74, 6) is -1.91. The van der Waals surface area contributed by atoms with Crippen LogP contribution in [-0.4, -0.2) is 90.9 Å². The Kier molecular flexibility index (Phi) is 22.8. The van der Waals surface area contributed by atoms with Gasteiger partial charge in [0.15, 0.2) is 11.6 Å². The molecule has 1 amide bonds. The first-order valence-electron chi connectivity index (χ1n) is 20.4. The predicted molar refractivity (Wildman–Crippen MR) is 243 cm³/mol. The Morgan fingerprint density at radius 1 is 1.05 bits per heavy atom. The van der Waals surface area contributed by atoms with Crippen molar-refractivity contribution in [1.82, 2.24) is 25.8 Å². The molecular formula is C47H66N8O4. The number of piperidine rings is 1. The summed E-state index contributed by atoms with van der Waals surface area (Å²) < 4.78 is 6.30. The second-order valence-corrected chi connectivity index (χ2v) is 14.7. The second kappa shape index (κ2) is 27.2. The number of Topliss-reactive ketones (excluding diaryl/α,β-unsaturated/α-hetero) is 2. The van der Waals surface area contributed by atoms with Gasteiger partial charge in [0.2, 0.25) is 5.96 Å². The van der Waals surface area contributed by atoms with E-state index in [1.54, 1.807) is 68.6 Å². The largest absolute Gasteiger partial charge is 0.459 e. The Morgan fingerprint density at radius 2 is 1.75 bits per heavy atom. The lowest BCUT2D eigenvalue weighted by molar-refractivity contribution is -0.123. The molecule has 1 aliphatic carbocycles. The highest BCUT2D eigenvalue weighted by Crippen LogP contribution is 2.32. The van der Waals surface area contributed by atoms with Crippen LogP contribution in [0.3, 0.4) is 0 Å². The quantitative estimate of drug-likeness (QED) is 0.0434. The maximum Gasteiger partial charge on any atom is 0.319 e. The number of hydrogen-bond acceptors (Lipinski definition) is 8. The Morgan fingerprint density at radius 3 is 2.41 bits per heavy atom. The monoisotopic (exact) mass is 807 g/mol. The minimum Gasteiger partial charge on any atom is -0.459 e. The minimum absolute atomic E-state index is 0.0388. The first kappa shape index (κ1) is 49.6. The summed E-state index contributed by atoms with van der Waals surface area (Å²) in [4.78, 5) is 60.5. The molecule has 318 valence electrons. The summed E-state index contributed by atoms with van der Waals surface area (Å²) in [5, 5.41) is 9.25. The molecule has 3 unspecified atom stereocenters. The van der Waals surface area contributed by atoms with Crippen LogP contribution in [0.5, 0.6) is 0 Å². The average molecular weight is 807 g/mol. The van der Waals surface area contributed by atoms with Crippen molar-refractivity contribution in [2.75, 3.05) is 33.7 Å². The first-order valence-corrected chi connectivity index (χ1v) is 20.4. The molecule has 2 heterocycles. The number of nitrogens with one attached hydrogen (secondary N) is 3. The Bertz CT molecular complexity index is 1870. The van der Waals surface area contributed by atoms with Crippen LogP contribution in [0.1, 0.15) is 92.2 Å². The highest BCUT2D eigenvalue weighted by molar-refractivity contribution is 6.28. The van der Waals surface area contributed by atoms with E-state index in [-0.39, 0.29) is 40.9 Å². The molecule has 1 saturated heterocycles. The van der Waals surface area contributed by atoms with Crippen molar-refractivity contribution in [2.24, 2.45) is 15.0 Å². The van der Waals surface area contributed by atoms with Crippen LogP contribution >= 0.6 is 0 Å². The molecule has 1 aromatic rings. The molecule has 0 aromatic carbocycles. The lowest BCUT2D eigenvalue weighted by atomic mass is 9.98. The highest BCUT2D eigenvalue weighted by atomic mass is 16.5. The highest BCUT2D eigenvalue weighted by Gasteiger charge is 2.39. The third kappa shape index (κ3) is 18.3. The van der Waals surface area contributed by atoms with Crippen molar-refractivity contribution in [1.29, 1.82) is 0 Å². The maximum absolute atomic E-state index is 13.4. The molecule has 12 nitrogen and oxygen atoms in total. The van der Waals surface area contributed by atoms with Crippen LogP contribution in [0.2, 0.25) is 0 Å². The van der Waals surface area contributed by atoms with Gasteiger partial charge in [-0.05, 0) is 124 Å². The number of guanidine groups is 1. The van der Waals surface area contributed by atoms with Gasteiger partial charge in [-0.3, -0.25) is 19.4 Å². The average Bonchev–Trinajstić information content (AvgIpc) is 3.39. The van der Waals surface area contributed by atoms with Crippen molar-refractivity contribution < 1.29 is 19.1 Å². The summed E-state index contributed by atoms with van der Waals surface area (Å²) in [7, 11) is 4.00. The van der Waals surface area contributed by atoms with Gasteiger partial charge in [-0.25, -0.2) is 9.98 Å².